The molecule has 3 aromatic rings. The number of hydrogen-bond acceptors (Lipinski definition) is 4. The Morgan fingerprint density at radius 2 is 2.03 bits per heavy atom. The first kappa shape index (κ1) is 22.3. The van der Waals surface area contributed by atoms with Crippen molar-refractivity contribution in [3.63, 3.8) is 0 Å². The van der Waals surface area contributed by atoms with Gasteiger partial charge in [-0.3, -0.25) is 14.8 Å². The van der Waals surface area contributed by atoms with E-state index in [4.69, 9.17) is 16.3 Å². The molecular formula is C23H18ClF3N4O3. The second kappa shape index (κ2) is 8.35. The third-order valence-electron chi connectivity index (χ3n) is 6.03. The first-order valence-corrected chi connectivity index (χ1v) is 10.9. The number of ether oxygens (including phenoxy) is 1. The molecule has 1 spiro atoms. The highest BCUT2D eigenvalue weighted by atomic mass is 35.5. The van der Waals surface area contributed by atoms with Crippen LogP contribution in [0.1, 0.15) is 34.3 Å². The van der Waals surface area contributed by atoms with E-state index in [-0.39, 0.29) is 40.8 Å². The van der Waals surface area contributed by atoms with Crippen molar-refractivity contribution >= 4 is 29.3 Å². The smallest absolute Gasteiger partial charge is 0.412 e. The van der Waals surface area contributed by atoms with Crippen molar-refractivity contribution in [1.29, 1.82) is 0 Å². The molecule has 2 aromatic carbocycles. The largest absolute Gasteiger partial charge is 0.436 e. The molecule has 0 bridgehead atoms. The number of anilines is 1. The minimum Gasteiger partial charge on any atom is -0.436 e. The lowest BCUT2D eigenvalue weighted by molar-refractivity contribution is -0.0418. The summed E-state index contributed by atoms with van der Waals surface area (Å²) in [6.45, 7) is 0.449. The number of nitrogens with one attached hydrogen (secondary N) is 1. The molecule has 2 aliphatic heterocycles. The second-order valence-corrected chi connectivity index (χ2v) is 8.71. The van der Waals surface area contributed by atoms with Crippen LogP contribution in [0.4, 0.5) is 23.7 Å². The summed E-state index contributed by atoms with van der Waals surface area (Å²) in [7, 11) is 0. The van der Waals surface area contributed by atoms with Gasteiger partial charge in [0.2, 0.25) is 0 Å². The molecule has 1 N–H and O–H groups in total. The lowest BCUT2D eigenvalue weighted by atomic mass is 9.83. The van der Waals surface area contributed by atoms with Crippen LogP contribution < -0.4 is 5.32 Å². The number of fused-ring (bicyclic) bond motifs is 2. The molecule has 3 heterocycles. The molecule has 0 saturated carbocycles. The Labute approximate surface area is 197 Å². The van der Waals surface area contributed by atoms with Gasteiger partial charge in [-0.05, 0) is 42.7 Å². The van der Waals surface area contributed by atoms with E-state index in [1.165, 1.54) is 40.2 Å². The fourth-order valence-electron chi connectivity index (χ4n) is 4.51. The highest BCUT2D eigenvalue weighted by Gasteiger charge is 2.48. The van der Waals surface area contributed by atoms with E-state index in [1.54, 1.807) is 0 Å². The van der Waals surface area contributed by atoms with Gasteiger partial charge in [-0.1, -0.05) is 17.7 Å². The molecule has 1 saturated heterocycles. The van der Waals surface area contributed by atoms with Crippen molar-refractivity contribution in [3.05, 3.63) is 81.9 Å². The van der Waals surface area contributed by atoms with Gasteiger partial charge < -0.3 is 9.64 Å². The van der Waals surface area contributed by atoms with Gasteiger partial charge in [-0.25, -0.2) is 18.0 Å². The van der Waals surface area contributed by atoms with E-state index in [2.05, 4.69) is 10.4 Å². The summed E-state index contributed by atoms with van der Waals surface area (Å²) < 4.78 is 48.7. The number of piperidine rings is 1. The molecule has 5 rings (SSSR count). The zero-order valence-electron chi connectivity index (χ0n) is 17.7. The number of carbonyl (C=O) groups is 2. The molecule has 0 unspecified atom stereocenters. The Hall–Kier alpha value is -3.53. The van der Waals surface area contributed by atoms with Crippen molar-refractivity contribution in [3.8, 4) is 0 Å². The number of amides is 2. The maximum absolute atomic E-state index is 15.0. The van der Waals surface area contributed by atoms with Gasteiger partial charge in [0.1, 0.15) is 0 Å². The van der Waals surface area contributed by atoms with E-state index in [9.17, 15) is 18.4 Å². The molecule has 11 heteroatoms. The molecule has 2 aliphatic rings. The zero-order chi connectivity index (χ0) is 24.0. The molecule has 0 radical (unpaired) electrons. The summed E-state index contributed by atoms with van der Waals surface area (Å²) in [4.78, 5) is 26.9. The van der Waals surface area contributed by atoms with Crippen LogP contribution >= 0.6 is 11.6 Å². The Morgan fingerprint density at radius 3 is 2.82 bits per heavy atom. The van der Waals surface area contributed by atoms with Gasteiger partial charge in [-0.2, -0.15) is 5.10 Å². The fourth-order valence-corrected chi connectivity index (χ4v) is 4.67. The predicted molar refractivity (Wildman–Crippen MR) is 116 cm³/mol. The number of aromatic nitrogens is 2. The normalized spacial score (nSPS) is 19.5. The summed E-state index contributed by atoms with van der Waals surface area (Å²) in [6, 6.07) is 6.37. The van der Waals surface area contributed by atoms with Crippen LogP contribution in [0.15, 0.2) is 42.7 Å². The number of rotatable bonds is 3. The molecule has 1 fully saturated rings. The van der Waals surface area contributed by atoms with Gasteiger partial charge in [0, 0.05) is 12.7 Å². The first-order chi connectivity index (χ1) is 16.3. The van der Waals surface area contributed by atoms with Crippen LogP contribution in [0.2, 0.25) is 5.02 Å². The van der Waals surface area contributed by atoms with Crippen LogP contribution in [-0.2, 0) is 16.9 Å². The first-order valence-electron chi connectivity index (χ1n) is 10.5. The van der Waals surface area contributed by atoms with Crippen molar-refractivity contribution in [2.75, 3.05) is 18.4 Å². The molecular weight excluding hydrogens is 473 g/mol. The molecule has 176 valence electrons. The van der Waals surface area contributed by atoms with Crippen molar-refractivity contribution in [2.24, 2.45) is 0 Å². The summed E-state index contributed by atoms with van der Waals surface area (Å²) in [5.74, 6) is -3.00. The van der Waals surface area contributed by atoms with E-state index in [0.29, 0.717) is 24.9 Å². The average Bonchev–Trinajstić information content (AvgIpc) is 3.26. The summed E-state index contributed by atoms with van der Waals surface area (Å²) in [5.41, 5.74) is -0.268. The third-order valence-corrected chi connectivity index (χ3v) is 6.32. The summed E-state index contributed by atoms with van der Waals surface area (Å²) in [5, 5.41) is 6.51. The Kier molecular flexibility index (Phi) is 5.47. The highest BCUT2D eigenvalue weighted by Crippen LogP contribution is 2.45. The number of carbonyl (C=O) groups excluding carboxylic acids is 2. The minimum absolute atomic E-state index is 0.0577. The molecule has 34 heavy (non-hydrogen) atoms. The second-order valence-electron chi connectivity index (χ2n) is 8.30. The van der Waals surface area contributed by atoms with Gasteiger partial charge in [0.15, 0.2) is 23.1 Å². The van der Waals surface area contributed by atoms with Crippen LogP contribution in [0.5, 0.6) is 0 Å². The van der Waals surface area contributed by atoms with Crippen LogP contribution in [0.25, 0.3) is 0 Å². The average molecular weight is 491 g/mol. The number of nitrogens with zero attached hydrogens (tertiary/aromatic N) is 3. The predicted octanol–water partition coefficient (Wildman–Crippen LogP) is 4.70. The van der Waals surface area contributed by atoms with Crippen LogP contribution in [0, 0.1) is 17.5 Å². The monoisotopic (exact) mass is 490 g/mol. The van der Waals surface area contributed by atoms with Gasteiger partial charge >= 0.3 is 6.09 Å². The Bertz CT molecular complexity index is 1310. The molecule has 1 aromatic heterocycles. The van der Waals surface area contributed by atoms with Gasteiger partial charge in [0.05, 0.1) is 41.1 Å². The van der Waals surface area contributed by atoms with Crippen molar-refractivity contribution in [1.82, 2.24) is 14.7 Å². The zero-order valence-corrected chi connectivity index (χ0v) is 18.4. The molecule has 7 nitrogen and oxygen atoms in total. The minimum atomic E-state index is -1.37. The Morgan fingerprint density at radius 1 is 1.21 bits per heavy atom. The van der Waals surface area contributed by atoms with E-state index < -0.39 is 29.1 Å². The molecule has 0 aliphatic carbocycles. The lowest BCUT2D eigenvalue weighted by Crippen LogP contribution is -2.53. The SMILES string of the molecule is O=C1Nc2ccc(Cl)c(F)c2[C@@]2(CCCN(C(=O)c3cnn(Cc4ccc(F)c(F)c4)c3)C2)O1. The fraction of sp³-hybridized carbons (Fsp3) is 0.261. The number of halogens is 4. The maximum atomic E-state index is 15.0. The summed E-state index contributed by atoms with van der Waals surface area (Å²) >= 11 is 5.99. The van der Waals surface area contributed by atoms with E-state index in [1.807, 2.05) is 0 Å². The highest BCUT2D eigenvalue weighted by molar-refractivity contribution is 6.31. The number of likely N-dealkylation sites (tertiary alicyclic amines) is 1. The topological polar surface area (TPSA) is 76.5 Å². The number of hydrogen-bond donors (Lipinski definition) is 1. The maximum Gasteiger partial charge on any atom is 0.412 e. The molecule has 1 atom stereocenters. The van der Waals surface area contributed by atoms with Crippen LogP contribution in [0.3, 0.4) is 0 Å². The van der Waals surface area contributed by atoms with Gasteiger partial charge in [-0.15, -0.1) is 0 Å². The van der Waals surface area contributed by atoms with Crippen LogP contribution in [-0.4, -0.2) is 39.8 Å². The van der Waals surface area contributed by atoms with E-state index >= 15 is 4.39 Å². The lowest BCUT2D eigenvalue weighted by Gasteiger charge is -2.45. The number of benzene rings is 2. The van der Waals surface area contributed by atoms with Crippen molar-refractivity contribution < 1.29 is 27.5 Å². The third kappa shape index (κ3) is 3.87. The summed E-state index contributed by atoms with van der Waals surface area (Å²) in [6.07, 6.45) is 2.91. The quantitative estimate of drug-likeness (QED) is 0.577. The molecule has 2 amide bonds. The van der Waals surface area contributed by atoms with Crippen molar-refractivity contribution in [2.45, 2.75) is 25.0 Å². The Balaban J connectivity index is 1.39. The van der Waals surface area contributed by atoms with E-state index in [0.717, 1.165) is 12.1 Å². The van der Waals surface area contributed by atoms with Gasteiger partial charge in [0.25, 0.3) is 5.91 Å². The standard InChI is InChI=1S/C23H18ClF3N4O3/c24-15-3-5-18-19(20(15)27)23(34-22(33)29-18)6-1-7-30(12-23)21(32)14-9-28-31(11-14)10-13-2-4-16(25)17(26)8-13/h2-5,8-9,11H,1,6-7,10,12H2,(H,29,33)/t23-/m0/s1.